The molecule has 1 fully saturated rings. The third-order valence-electron chi connectivity index (χ3n) is 3.01. The molecule has 2 rings (SSSR count). The van der Waals surface area contributed by atoms with Crippen LogP contribution in [0.4, 0.5) is 0 Å². The van der Waals surface area contributed by atoms with Crippen LogP contribution in [0.25, 0.3) is 6.08 Å². The average Bonchev–Trinajstić information content (AvgIpc) is 2.96. The van der Waals surface area contributed by atoms with Gasteiger partial charge in [0.1, 0.15) is 10.1 Å². The molecular weight excluding hydrogens is 390 g/mol. The molecule has 2 heterocycles. The number of thioether (sulfide) groups is 1. The molecule has 0 saturated carbocycles. The number of carboxylic acids is 1. The number of furan rings is 1. The van der Waals surface area contributed by atoms with Gasteiger partial charge in [0.15, 0.2) is 4.67 Å². The molecule has 1 N–H and O–H groups in total. The molecule has 0 bridgehead atoms. The van der Waals surface area contributed by atoms with Crippen molar-refractivity contribution in [2.75, 3.05) is 6.54 Å². The fraction of sp³-hybridized carbons (Fsp3) is 0.357. The van der Waals surface area contributed by atoms with Crippen molar-refractivity contribution < 1.29 is 19.1 Å². The van der Waals surface area contributed by atoms with Gasteiger partial charge in [-0.3, -0.25) is 14.5 Å². The lowest BCUT2D eigenvalue weighted by Crippen LogP contribution is -2.29. The van der Waals surface area contributed by atoms with Gasteiger partial charge < -0.3 is 9.52 Å². The minimum atomic E-state index is -0.793. The number of thiocarbonyl (C=S) groups is 1. The molecule has 1 saturated heterocycles. The SMILES string of the molecule is O=C(O)CCCCCN1C(=O)/C(=C\c2ccc(Br)o2)SC1=S. The number of carboxylic acid groups (broad SMARTS) is 1. The fourth-order valence-electron chi connectivity index (χ4n) is 1.95. The van der Waals surface area contributed by atoms with Crippen LogP contribution in [0.1, 0.15) is 31.4 Å². The van der Waals surface area contributed by atoms with Crippen LogP contribution in [-0.4, -0.2) is 32.7 Å². The van der Waals surface area contributed by atoms with E-state index in [4.69, 9.17) is 21.7 Å². The predicted octanol–water partition coefficient (Wildman–Crippen LogP) is 3.89. The maximum atomic E-state index is 12.3. The Balaban J connectivity index is 1.89. The van der Waals surface area contributed by atoms with Crippen LogP contribution in [0.2, 0.25) is 0 Å². The lowest BCUT2D eigenvalue weighted by molar-refractivity contribution is -0.137. The van der Waals surface area contributed by atoms with Crippen LogP contribution in [0.3, 0.4) is 0 Å². The maximum Gasteiger partial charge on any atom is 0.303 e. The van der Waals surface area contributed by atoms with Crippen molar-refractivity contribution in [3.63, 3.8) is 0 Å². The molecule has 1 aliphatic heterocycles. The van der Waals surface area contributed by atoms with Crippen molar-refractivity contribution in [1.82, 2.24) is 4.90 Å². The van der Waals surface area contributed by atoms with E-state index in [0.29, 0.717) is 32.6 Å². The topological polar surface area (TPSA) is 70.8 Å². The number of rotatable bonds is 7. The van der Waals surface area contributed by atoms with E-state index in [-0.39, 0.29) is 12.3 Å². The molecule has 0 aromatic carbocycles. The minimum absolute atomic E-state index is 0.124. The Morgan fingerprint density at radius 1 is 1.41 bits per heavy atom. The number of aliphatic carboxylic acids is 1. The highest BCUT2D eigenvalue weighted by Crippen LogP contribution is 2.33. The van der Waals surface area contributed by atoms with Gasteiger partial charge in [-0.2, -0.15) is 0 Å². The number of unbranched alkanes of at least 4 members (excludes halogenated alkanes) is 2. The number of nitrogens with zero attached hydrogens (tertiary/aromatic N) is 1. The normalized spacial score (nSPS) is 16.8. The van der Waals surface area contributed by atoms with Gasteiger partial charge in [0.25, 0.3) is 5.91 Å². The van der Waals surface area contributed by atoms with Gasteiger partial charge in [-0.25, -0.2) is 0 Å². The molecular formula is C14H14BrNO4S2. The van der Waals surface area contributed by atoms with Gasteiger partial charge in [0, 0.05) is 19.0 Å². The smallest absolute Gasteiger partial charge is 0.303 e. The van der Waals surface area contributed by atoms with Gasteiger partial charge in [0.2, 0.25) is 0 Å². The fourth-order valence-corrected chi connectivity index (χ4v) is 3.56. The Morgan fingerprint density at radius 3 is 2.82 bits per heavy atom. The summed E-state index contributed by atoms with van der Waals surface area (Å²) in [6.07, 6.45) is 3.94. The van der Waals surface area contributed by atoms with E-state index < -0.39 is 5.97 Å². The highest BCUT2D eigenvalue weighted by atomic mass is 79.9. The number of hydrogen-bond acceptors (Lipinski definition) is 5. The third kappa shape index (κ3) is 4.69. The Labute approximate surface area is 145 Å². The number of carbonyl (C=O) groups is 2. The lowest BCUT2D eigenvalue weighted by Gasteiger charge is -2.13. The molecule has 0 atom stereocenters. The molecule has 118 valence electrons. The molecule has 1 aromatic rings. The van der Waals surface area contributed by atoms with Crippen molar-refractivity contribution in [3.8, 4) is 0 Å². The summed E-state index contributed by atoms with van der Waals surface area (Å²) in [7, 11) is 0. The quantitative estimate of drug-likeness (QED) is 0.423. The highest BCUT2D eigenvalue weighted by molar-refractivity contribution is 9.10. The van der Waals surface area contributed by atoms with E-state index in [1.807, 2.05) is 0 Å². The van der Waals surface area contributed by atoms with E-state index in [1.54, 1.807) is 23.1 Å². The lowest BCUT2D eigenvalue weighted by atomic mass is 10.2. The zero-order chi connectivity index (χ0) is 16.1. The Kier molecular flexibility index (Phi) is 6.22. The first-order chi connectivity index (χ1) is 10.5. The molecule has 5 nitrogen and oxygen atoms in total. The summed E-state index contributed by atoms with van der Waals surface area (Å²) in [5, 5.41) is 8.58. The largest absolute Gasteiger partial charge is 0.481 e. The summed E-state index contributed by atoms with van der Waals surface area (Å²) in [4.78, 5) is 24.8. The first-order valence-electron chi connectivity index (χ1n) is 6.70. The van der Waals surface area contributed by atoms with Crippen molar-refractivity contribution in [3.05, 3.63) is 27.5 Å². The van der Waals surface area contributed by atoms with Crippen molar-refractivity contribution in [2.24, 2.45) is 0 Å². The third-order valence-corrected chi connectivity index (χ3v) is 4.82. The molecule has 22 heavy (non-hydrogen) atoms. The van der Waals surface area contributed by atoms with Gasteiger partial charge >= 0.3 is 5.97 Å². The summed E-state index contributed by atoms with van der Waals surface area (Å²) in [6.45, 7) is 0.517. The van der Waals surface area contributed by atoms with Gasteiger partial charge in [-0.15, -0.1) is 0 Å². The summed E-state index contributed by atoms with van der Waals surface area (Å²) in [5.41, 5.74) is 0. The highest BCUT2D eigenvalue weighted by Gasteiger charge is 2.31. The van der Waals surface area contributed by atoms with E-state index in [0.717, 1.165) is 12.8 Å². The zero-order valence-electron chi connectivity index (χ0n) is 11.6. The van der Waals surface area contributed by atoms with Crippen LogP contribution >= 0.6 is 39.9 Å². The molecule has 1 amide bonds. The first-order valence-corrected chi connectivity index (χ1v) is 8.71. The number of amides is 1. The van der Waals surface area contributed by atoms with Crippen LogP contribution in [0, 0.1) is 0 Å². The standard InChI is InChI=1S/C14H14BrNO4S2/c15-11-6-5-9(20-11)8-10-13(19)16(14(21)22-10)7-3-1-2-4-12(17)18/h5-6,8H,1-4,7H2,(H,17,18)/b10-8+. The Morgan fingerprint density at radius 2 is 2.18 bits per heavy atom. The summed E-state index contributed by atoms with van der Waals surface area (Å²) in [6, 6.07) is 3.53. The molecule has 0 unspecified atom stereocenters. The van der Waals surface area contributed by atoms with E-state index >= 15 is 0 Å². The van der Waals surface area contributed by atoms with E-state index in [1.165, 1.54) is 11.8 Å². The van der Waals surface area contributed by atoms with Crippen LogP contribution in [-0.2, 0) is 9.59 Å². The van der Waals surface area contributed by atoms with E-state index in [2.05, 4.69) is 15.9 Å². The zero-order valence-corrected chi connectivity index (χ0v) is 14.8. The van der Waals surface area contributed by atoms with Crippen molar-refractivity contribution >= 4 is 62.2 Å². The van der Waals surface area contributed by atoms with E-state index in [9.17, 15) is 9.59 Å². The first kappa shape index (κ1) is 17.2. The number of carbonyl (C=O) groups excluding carboxylic acids is 1. The van der Waals surface area contributed by atoms with Gasteiger partial charge in [-0.05, 0) is 40.9 Å². The van der Waals surface area contributed by atoms with Crippen molar-refractivity contribution in [2.45, 2.75) is 25.7 Å². The number of hydrogen-bond donors (Lipinski definition) is 1. The molecule has 0 aliphatic carbocycles. The molecule has 0 spiro atoms. The molecule has 1 aliphatic rings. The second kappa shape index (κ2) is 7.94. The molecule has 0 radical (unpaired) electrons. The summed E-state index contributed by atoms with van der Waals surface area (Å²) >= 11 is 9.70. The summed E-state index contributed by atoms with van der Waals surface area (Å²) in [5.74, 6) is -0.326. The van der Waals surface area contributed by atoms with Crippen molar-refractivity contribution in [1.29, 1.82) is 0 Å². The Bertz CT molecular complexity index is 626. The van der Waals surface area contributed by atoms with Crippen LogP contribution < -0.4 is 0 Å². The van der Waals surface area contributed by atoms with Crippen LogP contribution in [0.15, 0.2) is 26.1 Å². The minimum Gasteiger partial charge on any atom is -0.481 e. The molecule has 8 heteroatoms. The second-order valence-corrected chi connectivity index (χ2v) is 7.14. The Hall–Kier alpha value is -1.12. The predicted molar refractivity (Wildman–Crippen MR) is 92.4 cm³/mol. The molecule has 1 aromatic heterocycles. The van der Waals surface area contributed by atoms with Gasteiger partial charge in [0.05, 0.1) is 4.91 Å². The second-order valence-electron chi connectivity index (χ2n) is 4.68. The van der Waals surface area contributed by atoms with Gasteiger partial charge in [-0.1, -0.05) is 30.4 Å². The number of halogens is 1. The van der Waals surface area contributed by atoms with Crippen LogP contribution in [0.5, 0.6) is 0 Å². The maximum absolute atomic E-state index is 12.3. The summed E-state index contributed by atoms with van der Waals surface area (Å²) < 4.78 is 6.49. The monoisotopic (exact) mass is 403 g/mol. The average molecular weight is 404 g/mol.